The quantitative estimate of drug-likeness (QED) is 0.763. The van der Waals surface area contributed by atoms with E-state index in [1.807, 2.05) is 11.8 Å². The molecule has 0 radical (unpaired) electrons. The number of aliphatic hydroxyl groups excluding tert-OH is 1. The molecular weight excluding hydrogens is 244 g/mol. The molecule has 1 aromatic rings. The molecule has 0 spiro atoms. The Labute approximate surface area is 112 Å². The lowest BCUT2D eigenvalue weighted by Gasteiger charge is -2.22. The molecular formula is C14H18N2O3. The van der Waals surface area contributed by atoms with Crippen molar-refractivity contribution in [1.29, 1.82) is 0 Å². The standard InChI is InChI=1S/C14H18N2O3/c1-2-15(9-10-17)7-8-16-13(18)11-5-3-4-6-12(11)14(16)19/h3-6,17H,2,7-10H2,1H3. The van der Waals surface area contributed by atoms with E-state index in [-0.39, 0.29) is 18.4 Å². The van der Waals surface area contributed by atoms with Gasteiger partial charge in [-0.15, -0.1) is 0 Å². The van der Waals surface area contributed by atoms with Gasteiger partial charge in [-0.05, 0) is 18.7 Å². The maximum Gasteiger partial charge on any atom is 0.261 e. The van der Waals surface area contributed by atoms with Crippen LogP contribution in [0.25, 0.3) is 0 Å². The van der Waals surface area contributed by atoms with E-state index in [0.29, 0.717) is 30.8 Å². The fourth-order valence-electron chi connectivity index (χ4n) is 2.25. The highest BCUT2D eigenvalue weighted by Crippen LogP contribution is 2.21. The van der Waals surface area contributed by atoms with E-state index in [1.54, 1.807) is 24.3 Å². The molecule has 0 aliphatic carbocycles. The minimum atomic E-state index is -0.222. The average molecular weight is 262 g/mol. The van der Waals surface area contributed by atoms with E-state index in [4.69, 9.17) is 5.11 Å². The van der Waals surface area contributed by atoms with Gasteiger partial charge in [0.2, 0.25) is 0 Å². The molecule has 2 amide bonds. The molecule has 1 aliphatic heterocycles. The molecule has 102 valence electrons. The van der Waals surface area contributed by atoms with Crippen LogP contribution in [-0.2, 0) is 0 Å². The van der Waals surface area contributed by atoms with E-state index >= 15 is 0 Å². The minimum absolute atomic E-state index is 0.0793. The summed E-state index contributed by atoms with van der Waals surface area (Å²) >= 11 is 0. The van der Waals surface area contributed by atoms with Gasteiger partial charge in [-0.3, -0.25) is 19.4 Å². The van der Waals surface area contributed by atoms with Crippen molar-refractivity contribution in [3.63, 3.8) is 0 Å². The van der Waals surface area contributed by atoms with Crippen LogP contribution in [-0.4, -0.2) is 59.5 Å². The molecule has 0 bridgehead atoms. The molecule has 2 rings (SSSR count). The summed E-state index contributed by atoms with van der Waals surface area (Å²) in [4.78, 5) is 27.5. The number of benzene rings is 1. The molecule has 0 atom stereocenters. The summed E-state index contributed by atoms with van der Waals surface area (Å²) in [5.41, 5.74) is 0.968. The number of rotatable bonds is 6. The molecule has 19 heavy (non-hydrogen) atoms. The highest BCUT2D eigenvalue weighted by molar-refractivity contribution is 6.21. The van der Waals surface area contributed by atoms with Crippen molar-refractivity contribution in [2.24, 2.45) is 0 Å². The smallest absolute Gasteiger partial charge is 0.261 e. The lowest BCUT2D eigenvalue weighted by molar-refractivity contribution is 0.0633. The van der Waals surface area contributed by atoms with E-state index in [0.717, 1.165) is 6.54 Å². The van der Waals surface area contributed by atoms with Crippen molar-refractivity contribution in [3.05, 3.63) is 35.4 Å². The van der Waals surface area contributed by atoms with Gasteiger partial charge >= 0.3 is 0 Å². The molecule has 1 aliphatic rings. The molecule has 5 nitrogen and oxygen atoms in total. The Bertz CT molecular complexity index is 452. The first-order chi connectivity index (χ1) is 9.19. The largest absolute Gasteiger partial charge is 0.395 e. The lowest BCUT2D eigenvalue weighted by Crippen LogP contribution is -2.39. The molecule has 0 saturated heterocycles. The maximum atomic E-state index is 12.1. The summed E-state index contributed by atoms with van der Waals surface area (Å²) in [6.45, 7) is 4.35. The maximum absolute atomic E-state index is 12.1. The summed E-state index contributed by atoms with van der Waals surface area (Å²) in [6, 6.07) is 6.89. The number of amides is 2. The molecule has 1 N–H and O–H groups in total. The van der Waals surface area contributed by atoms with Gasteiger partial charge in [0, 0.05) is 19.6 Å². The average Bonchev–Trinajstić information content (AvgIpc) is 2.68. The van der Waals surface area contributed by atoms with Crippen molar-refractivity contribution in [2.45, 2.75) is 6.92 Å². The van der Waals surface area contributed by atoms with E-state index in [2.05, 4.69) is 0 Å². The van der Waals surface area contributed by atoms with E-state index in [1.165, 1.54) is 4.90 Å². The molecule has 1 heterocycles. The highest BCUT2D eigenvalue weighted by Gasteiger charge is 2.34. The second-order valence-corrected chi connectivity index (χ2v) is 4.47. The fraction of sp³-hybridized carbons (Fsp3) is 0.429. The number of imide groups is 1. The van der Waals surface area contributed by atoms with Crippen LogP contribution in [0.1, 0.15) is 27.6 Å². The predicted molar refractivity (Wildman–Crippen MR) is 71.0 cm³/mol. The number of fused-ring (bicyclic) bond motifs is 1. The first kappa shape index (κ1) is 13.7. The van der Waals surface area contributed by atoms with Gasteiger partial charge in [-0.1, -0.05) is 19.1 Å². The van der Waals surface area contributed by atoms with Crippen molar-refractivity contribution < 1.29 is 14.7 Å². The zero-order chi connectivity index (χ0) is 13.8. The monoisotopic (exact) mass is 262 g/mol. The van der Waals surface area contributed by atoms with Crippen LogP contribution in [0.5, 0.6) is 0 Å². The minimum Gasteiger partial charge on any atom is -0.395 e. The molecule has 0 fully saturated rings. The van der Waals surface area contributed by atoms with Gasteiger partial charge in [-0.2, -0.15) is 0 Å². The Morgan fingerprint density at radius 2 is 1.68 bits per heavy atom. The summed E-state index contributed by atoms with van der Waals surface area (Å²) in [6.07, 6.45) is 0. The normalized spacial score (nSPS) is 14.4. The van der Waals surface area contributed by atoms with Gasteiger partial charge in [-0.25, -0.2) is 0 Å². The number of hydrogen-bond donors (Lipinski definition) is 1. The third-order valence-corrected chi connectivity index (χ3v) is 3.38. The summed E-state index contributed by atoms with van der Waals surface area (Å²) in [5, 5.41) is 8.92. The molecule has 0 saturated carbocycles. The lowest BCUT2D eigenvalue weighted by atomic mass is 10.1. The number of nitrogens with zero attached hydrogens (tertiary/aromatic N) is 2. The van der Waals surface area contributed by atoms with Crippen molar-refractivity contribution in [3.8, 4) is 0 Å². The van der Waals surface area contributed by atoms with Gasteiger partial charge in [0.05, 0.1) is 17.7 Å². The summed E-state index contributed by atoms with van der Waals surface area (Å²) < 4.78 is 0. The third kappa shape index (κ3) is 2.67. The van der Waals surface area contributed by atoms with Crippen LogP contribution in [0.15, 0.2) is 24.3 Å². The van der Waals surface area contributed by atoms with Crippen LogP contribution in [0.4, 0.5) is 0 Å². The third-order valence-electron chi connectivity index (χ3n) is 3.38. The van der Waals surface area contributed by atoms with Gasteiger partial charge < -0.3 is 5.11 Å². The van der Waals surface area contributed by atoms with Gasteiger partial charge in [0.25, 0.3) is 11.8 Å². The van der Waals surface area contributed by atoms with Crippen LogP contribution >= 0.6 is 0 Å². The van der Waals surface area contributed by atoms with Gasteiger partial charge in [0.15, 0.2) is 0 Å². The zero-order valence-electron chi connectivity index (χ0n) is 11.0. The van der Waals surface area contributed by atoms with E-state index in [9.17, 15) is 9.59 Å². The number of carbonyl (C=O) groups is 2. The molecule has 5 heteroatoms. The fourth-order valence-corrected chi connectivity index (χ4v) is 2.25. The number of likely N-dealkylation sites (N-methyl/N-ethyl adjacent to an activating group) is 1. The predicted octanol–water partition coefficient (Wildman–Crippen LogP) is 0.597. The SMILES string of the molecule is CCN(CCO)CCN1C(=O)c2ccccc2C1=O. The van der Waals surface area contributed by atoms with Crippen molar-refractivity contribution in [2.75, 3.05) is 32.8 Å². The van der Waals surface area contributed by atoms with Crippen LogP contribution in [0.3, 0.4) is 0 Å². The Morgan fingerprint density at radius 3 is 2.16 bits per heavy atom. The Hall–Kier alpha value is -1.72. The first-order valence-electron chi connectivity index (χ1n) is 6.47. The molecule has 1 aromatic carbocycles. The highest BCUT2D eigenvalue weighted by atomic mass is 16.3. The topological polar surface area (TPSA) is 60.9 Å². The number of carbonyl (C=O) groups excluding carboxylic acids is 2. The van der Waals surface area contributed by atoms with Crippen LogP contribution < -0.4 is 0 Å². The molecule has 0 unspecified atom stereocenters. The first-order valence-corrected chi connectivity index (χ1v) is 6.47. The number of hydrogen-bond acceptors (Lipinski definition) is 4. The van der Waals surface area contributed by atoms with Crippen LogP contribution in [0.2, 0.25) is 0 Å². The second-order valence-electron chi connectivity index (χ2n) is 4.47. The summed E-state index contributed by atoms with van der Waals surface area (Å²) in [5.74, 6) is -0.443. The van der Waals surface area contributed by atoms with Crippen LogP contribution in [0, 0.1) is 0 Å². The number of aliphatic hydroxyl groups is 1. The summed E-state index contributed by atoms with van der Waals surface area (Å²) in [7, 11) is 0. The Kier molecular flexibility index (Phi) is 4.29. The van der Waals surface area contributed by atoms with Crippen molar-refractivity contribution in [1.82, 2.24) is 9.80 Å². The Balaban J connectivity index is 2.04. The van der Waals surface area contributed by atoms with Crippen molar-refractivity contribution >= 4 is 11.8 Å². The van der Waals surface area contributed by atoms with E-state index < -0.39 is 0 Å². The Morgan fingerprint density at radius 1 is 1.11 bits per heavy atom. The second kappa shape index (κ2) is 5.95. The molecule has 0 aromatic heterocycles. The van der Waals surface area contributed by atoms with Gasteiger partial charge in [0.1, 0.15) is 0 Å². The zero-order valence-corrected chi connectivity index (χ0v) is 11.0.